The van der Waals surface area contributed by atoms with Crippen LogP contribution in [0.25, 0.3) is 0 Å². The molecule has 0 aromatic heterocycles. The molecule has 1 fully saturated rings. The lowest BCUT2D eigenvalue weighted by atomic mass is 10.00. The van der Waals surface area contributed by atoms with Crippen molar-refractivity contribution in [3.8, 4) is 0 Å². The summed E-state index contributed by atoms with van der Waals surface area (Å²) in [5.74, 6) is -0.277. The third-order valence-corrected chi connectivity index (χ3v) is 4.90. The fraction of sp³-hybridized carbons (Fsp3) is 0.381. The average Bonchev–Trinajstić information content (AvgIpc) is 3.11. The number of benzene rings is 2. The van der Waals surface area contributed by atoms with Gasteiger partial charge in [0.2, 0.25) is 5.91 Å². The van der Waals surface area contributed by atoms with Gasteiger partial charge in [-0.1, -0.05) is 42.5 Å². The van der Waals surface area contributed by atoms with E-state index in [2.05, 4.69) is 35.1 Å². The van der Waals surface area contributed by atoms with Crippen molar-refractivity contribution < 1.29 is 9.18 Å². The van der Waals surface area contributed by atoms with Crippen molar-refractivity contribution in [2.45, 2.75) is 37.8 Å². The molecule has 1 saturated heterocycles. The van der Waals surface area contributed by atoms with E-state index in [1.165, 1.54) is 17.7 Å². The van der Waals surface area contributed by atoms with Gasteiger partial charge in [-0.2, -0.15) is 0 Å². The van der Waals surface area contributed by atoms with Gasteiger partial charge in [0, 0.05) is 25.7 Å². The second kappa shape index (κ2) is 8.92. The molecule has 0 saturated carbocycles. The van der Waals surface area contributed by atoms with Gasteiger partial charge < -0.3 is 4.90 Å². The number of nitrogens with one attached hydrogen (secondary N) is 2. The predicted octanol–water partition coefficient (Wildman–Crippen LogP) is 3.21. The highest BCUT2D eigenvalue weighted by Crippen LogP contribution is 2.23. The third-order valence-electron chi connectivity index (χ3n) is 4.90. The van der Waals surface area contributed by atoms with Gasteiger partial charge in [0.1, 0.15) is 5.82 Å². The molecule has 1 aliphatic heterocycles. The van der Waals surface area contributed by atoms with Crippen LogP contribution in [0.5, 0.6) is 0 Å². The Morgan fingerprint density at radius 3 is 2.73 bits per heavy atom. The molecule has 138 valence electrons. The monoisotopic (exact) mass is 355 g/mol. The summed E-state index contributed by atoms with van der Waals surface area (Å²) < 4.78 is 13.2. The van der Waals surface area contributed by atoms with Crippen LogP contribution in [0.3, 0.4) is 0 Å². The van der Waals surface area contributed by atoms with Gasteiger partial charge in [0.25, 0.3) is 0 Å². The molecule has 1 heterocycles. The van der Waals surface area contributed by atoms with E-state index >= 15 is 0 Å². The van der Waals surface area contributed by atoms with Crippen molar-refractivity contribution in [1.82, 2.24) is 15.8 Å². The van der Waals surface area contributed by atoms with Crippen LogP contribution in [0.4, 0.5) is 4.39 Å². The Bertz CT molecular complexity index is 722. The lowest BCUT2D eigenvalue weighted by molar-refractivity contribution is -0.129. The molecule has 0 bridgehead atoms. The molecule has 1 aliphatic rings. The summed E-state index contributed by atoms with van der Waals surface area (Å²) in [6.07, 6.45) is 3.23. The van der Waals surface area contributed by atoms with E-state index in [0.29, 0.717) is 24.2 Å². The number of carbonyl (C=O) groups is 1. The summed E-state index contributed by atoms with van der Waals surface area (Å²) in [6, 6.07) is 17.4. The van der Waals surface area contributed by atoms with E-state index in [4.69, 9.17) is 0 Å². The summed E-state index contributed by atoms with van der Waals surface area (Å²) in [4.78, 5) is 14.0. The standard InChI is InChI=1S/C21H26FN3O/c1-25(21(26)14-16-7-5-10-18(22)13-16)12-6-11-19-15-20(24-23-19)17-8-3-2-4-9-17/h2-5,7-10,13,19-20,23-24H,6,11-12,14-15H2,1H3. The second-order valence-electron chi connectivity index (χ2n) is 6.95. The number of likely N-dealkylation sites (N-methyl/N-ethyl adjacent to an activating group) is 1. The highest BCUT2D eigenvalue weighted by Gasteiger charge is 2.24. The summed E-state index contributed by atoms with van der Waals surface area (Å²) in [7, 11) is 1.81. The van der Waals surface area contributed by atoms with Crippen molar-refractivity contribution in [2.24, 2.45) is 0 Å². The lowest BCUT2D eigenvalue weighted by Crippen LogP contribution is -2.33. The molecule has 2 aromatic carbocycles. The smallest absolute Gasteiger partial charge is 0.226 e. The molecule has 2 aromatic rings. The third kappa shape index (κ3) is 5.13. The number of amides is 1. The minimum absolute atomic E-state index is 0.0234. The summed E-state index contributed by atoms with van der Waals surface area (Å²) in [6.45, 7) is 0.711. The zero-order valence-electron chi connectivity index (χ0n) is 15.1. The first-order valence-corrected chi connectivity index (χ1v) is 9.16. The molecule has 0 aliphatic carbocycles. The summed E-state index contributed by atoms with van der Waals surface area (Å²) in [5, 5.41) is 0. The fourth-order valence-corrected chi connectivity index (χ4v) is 3.37. The van der Waals surface area contributed by atoms with Crippen molar-refractivity contribution in [1.29, 1.82) is 0 Å². The van der Waals surface area contributed by atoms with Crippen LogP contribution in [0.2, 0.25) is 0 Å². The van der Waals surface area contributed by atoms with Crippen LogP contribution in [0.1, 0.15) is 36.4 Å². The summed E-state index contributed by atoms with van der Waals surface area (Å²) in [5.41, 5.74) is 8.73. The highest BCUT2D eigenvalue weighted by atomic mass is 19.1. The molecule has 2 atom stereocenters. The molecule has 3 rings (SSSR count). The van der Waals surface area contributed by atoms with Gasteiger partial charge >= 0.3 is 0 Å². The Morgan fingerprint density at radius 1 is 1.15 bits per heavy atom. The molecule has 26 heavy (non-hydrogen) atoms. The molecule has 0 radical (unpaired) electrons. The molecular weight excluding hydrogens is 329 g/mol. The van der Waals surface area contributed by atoms with E-state index in [1.807, 2.05) is 13.1 Å². The number of halogens is 1. The van der Waals surface area contributed by atoms with Crippen LogP contribution >= 0.6 is 0 Å². The number of nitrogens with zero attached hydrogens (tertiary/aromatic N) is 1. The van der Waals surface area contributed by atoms with Gasteiger partial charge in [-0.3, -0.25) is 15.6 Å². The normalized spacial score (nSPS) is 19.5. The topological polar surface area (TPSA) is 44.4 Å². The zero-order valence-corrected chi connectivity index (χ0v) is 15.1. The quantitative estimate of drug-likeness (QED) is 0.802. The van der Waals surface area contributed by atoms with Gasteiger partial charge in [-0.25, -0.2) is 4.39 Å². The van der Waals surface area contributed by atoms with Gasteiger partial charge in [0.15, 0.2) is 0 Å². The van der Waals surface area contributed by atoms with Crippen LogP contribution in [0, 0.1) is 5.82 Å². The molecule has 0 spiro atoms. The Hall–Kier alpha value is -2.24. The maximum absolute atomic E-state index is 13.2. The molecule has 2 unspecified atom stereocenters. The number of rotatable bonds is 7. The Balaban J connectivity index is 1.38. The van der Waals surface area contributed by atoms with Crippen LogP contribution in [0.15, 0.2) is 54.6 Å². The van der Waals surface area contributed by atoms with Crippen LogP contribution in [-0.2, 0) is 11.2 Å². The first-order valence-electron chi connectivity index (χ1n) is 9.16. The predicted molar refractivity (Wildman–Crippen MR) is 101 cm³/mol. The SMILES string of the molecule is CN(CCCC1CC(c2ccccc2)NN1)C(=O)Cc1cccc(F)c1. The molecule has 4 nitrogen and oxygen atoms in total. The Labute approximate surface area is 154 Å². The van der Waals surface area contributed by atoms with Crippen molar-refractivity contribution in [2.75, 3.05) is 13.6 Å². The van der Waals surface area contributed by atoms with Crippen molar-refractivity contribution in [3.63, 3.8) is 0 Å². The number of carbonyl (C=O) groups excluding carboxylic acids is 1. The molecule has 5 heteroatoms. The van der Waals surface area contributed by atoms with E-state index in [-0.39, 0.29) is 18.1 Å². The largest absolute Gasteiger partial charge is 0.345 e. The first-order chi connectivity index (χ1) is 12.6. The van der Waals surface area contributed by atoms with Crippen molar-refractivity contribution >= 4 is 5.91 Å². The minimum Gasteiger partial charge on any atom is -0.345 e. The van der Waals surface area contributed by atoms with E-state index in [0.717, 1.165) is 19.3 Å². The van der Waals surface area contributed by atoms with Gasteiger partial charge in [-0.05, 0) is 42.5 Å². The maximum Gasteiger partial charge on any atom is 0.226 e. The fourth-order valence-electron chi connectivity index (χ4n) is 3.37. The number of hydrogen-bond acceptors (Lipinski definition) is 3. The average molecular weight is 355 g/mol. The maximum atomic E-state index is 13.2. The van der Waals surface area contributed by atoms with E-state index in [9.17, 15) is 9.18 Å². The van der Waals surface area contributed by atoms with Gasteiger partial charge in [0.05, 0.1) is 6.42 Å². The first kappa shape index (κ1) is 18.5. The van der Waals surface area contributed by atoms with Crippen LogP contribution < -0.4 is 10.9 Å². The van der Waals surface area contributed by atoms with Crippen molar-refractivity contribution in [3.05, 3.63) is 71.5 Å². The molecule has 2 N–H and O–H groups in total. The Kier molecular flexibility index (Phi) is 6.36. The molecule has 1 amide bonds. The number of hydrogen-bond donors (Lipinski definition) is 2. The highest BCUT2D eigenvalue weighted by molar-refractivity contribution is 5.78. The molecular formula is C21H26FN3O. The number of hydrazine groups is 1. The summed E-state index contributed by atoms with van der Waals surface area (Å²) >= 11 is 0. The zero-order chi connectivity index (χ0) is 18.4. The second-order valence-corrected chi connectivity index (χ2v) is 6.95. The van der Waals surface area contributed by atoms with Gasteiger partial charge in [-0.15, -0.1) is 0 Å². The minimum atomic E-state index is -0.300. The lowest BCUT2D eigenvalue weighted by Gasteiger charge is -2.18. The Morgan fingerprint density at radius 2 is 1.96 bits per heavy atom. The van der Waals surface area contributed by atoms with E-state index < -0.39 is 0 Å². The van der Waals surface area contributed by atoms with Crippen LogP contribution in [-0.4, -0.2) is 30.4 Å². The van der Waals surface area contributed by atoms with E-state index in [1.54, 1.807) is 17.0 Å².